The van der Waals surface area contributed by atoms with Gasteiger partial charge in [-0.25, -0.2) is 0 Å². The Balaban J connectivity index is 1.40. The largest absolute Gasteiger partial charge is 0.508 e. The molecule has 1 heterocycles. The molecule has 3 aromatic rings. The van der Waals surface area contributed by atoms with Gasteiger partial charge >= 0.3 is 0 Å². The maximum atomic E-state index is 12.2. The number of phenols is 1. The molecule has 0 spiro atoms. The summed E-state index contributed by atoms with van der Waals surface area (Å²) < 4.78 is 0. The van der Waals surface area contributed by atoms with Gasteiger partial charge in [0.15, 0.2) is 0 Å². The third-order valence-electron chi connectivity index (χ3n) is 5.59. The molecule has 0 saturated heterocycles. The van der Waals surface area contributed by atoms with Gasteiger partial charge in [0.25, 0.3) is 0 Å². The molecule has 2 aromatic carbocycles. The molecule has 1 aromatic heterocycles. The highest BCUT2D eigenvalue weighted by Crippen LogP contribution is 2.18. The van der Waals surface area contributed by atoms with E-state index in [4.69, 9.17) is 0 Å². The van der Waals surface area contributed by atoms with E-state index >= 15 is 0 Å². The van der Waals surface area contributed by atoms with Crippen molar-refractivity contribution in [1.29, 1.82) is 0 Å². The molecule has 0 radical (unpaired) electrons. The van der Waals surface area contributed by atoms with Crippen molar-refractivity contribution in [3.05, 3.63) is 94.8 Å². The smallest absolute Gasteiger partial charge is 0.220 e. The van der Waals surface area contributed by atoms with Crippen molar-refractivity contribution < 1.29 is 15.0 Å². The summed E-state index contributed by atoms with van der Waals surface area (Å²) in [6.07, 6.45) is 4.61. The van der Waals surface area contributed by atoms with E-state index in [1.807, 2.05) is 30.3 Å². The molecule has 0 fully saturated rings. The summed E-state index contributed by atoms with van der Waals surface area (Å²) in [6, 6.07) is 19.8. The predicted octanol–water partition coefficient (Wildman–Crippen LogP) is 3.29. The quantitative estimate of drug-likeness (QED) is 0.342. The fraction of sp³-hybridized carbons (Fsp3) is 0.333. The van der Waals surface area contributed by atoms with E-state index in [2.05, 4.69) is 46.8 Å². The molecular formula is C27H33N3O3. The van der Waals surface area contributed by atoms with Gasteiger partial charge in [0.1, 0.15) is 5.75 Å². The number of hydrogen-bond donors (Lipinski definition) is 4. The van der Waals surface area contributed by atoms with Gasteiger partial charge in [-0.15, -0.1) is 0 Å². The monoisotopic (exact) mass is 447 g/mol. The summed E-state index contributed by atoms with van der Waals surface area (Å²) in [5, 5.41) is 25.4. The summed E-state index contributed by atoms with van der Waals surface area (Å²) in [6.45, 7) is 3.26. The molecule has 0 unspecified atom stereocenters. The number of aliphatic hydroxyl groups is 1. The molecule has 6 nitrogen and oxygen atoms in total. The Bertz CT molecular complexity index is 1020. The maximum absolute atomic E-state index is 12.2. The third kappa shape index (κ3) is 8.33. The molecule has 0 saturated carbocycles. The van der Waals surface area contributed by atoms with Crippen molar-refractivity contribution in [2.24, 2.45) is 0 Å². The average molecular weight is 448 g/mol. The minimum absolute atomic E-state index is 0.0275. The number of rotatable bonds is 12. The minimum atomic E-state index is -0.161. The predicted molar refractivity (Wildman–Crippen MR) is 130 cm³/mol. The number of nitrogens with one attached hydrogen (secondary N) is 2. The van der Waals surface area contributed by atoms with Crippen LogP contribution in [-0.2, 0) is 37.2 Å². The first-order valence-corrected chi connectivity index (χ1v) is 11.4. The molecule has 0 aliphatic heterocycles. The second-order valence-corrected chi connectivity index (χ2v) is 8.35. The fourth-order valence-corrected chi connectivity index (χ4v) is 3.76. The van der Waals surface area contributed by atoms with Gasteiger partial charge in [-0.05, 0) is 73.7 Å². The highest BCUT2D eigenvalue weighted by molar-refractivity contribution is 5.76. The van der Waals surface area contributed by atoms with Crippen LogP contribution < -0.4 is 10.6 Å². The number of carbonyl (C=O) groups excluding carboxylic acids is 1. The van der Waals surface area contributed by atoms with E-state index in [1.165, 1.54) is 5.56 Å². The summed E-state index contributed by atoms with van der Waals surface area (Å²) in [4.78, 5) is 16.4. The van der Waals surface area contributed by atoms with Crippen molar-refractivity contribution in [2.45, 2.75) is 51.8 Å². The number of carbonyl (C=O) groups is 1. The van der Waals surface area contributed by atoms with E-state index in [0.29, 0.717) is 31.0 Å². The molecule has 1 amide bonds. The van der Waals surface area contributed by atoms with E-state index in [0.717, 1.165) is 36.2 Å². The number of aliphatic hydroxyl groups excluding tert-OH is 1. The normalized spacial score (nSPS) is 11.8. The Morgan fingerprint density at radius 2 is 1.82 bits per heavy atom. The lowest BCUT2D eigenvalue weighted by atomic mass is 10.0. The molecular weight excluding hydrogens is 414 g/mol. The summed E-state index contributed by atoms with van der Waals surface area (Å²) in [5.41, 5.74) is 4.90. The first-order chi connectivity index (χ1) is 16.0. The molecule has 6 heteroatoms. The minimum Gasteiger partial charge on any atom is -0.508 e. The van der Waals surface area contributed by atoms with Crippen molar-refractivity contribution in [2.75, 3.05) is 6.54 Å². The lowest BCUT2D eigenvalue weighted by molar-refractivity contribution is -0.121. The topological polar surface area (TPSA) is 94.5 Å². The Hall–Kier alpha value is -3.22. The molecule has 174 valence electrons. The van der Waals surface area contributed by atoms with E-state index in [-0.39, 0.29) is 18.3 Å². The molecule has 0 aliphatic carbocycles. The van der Waals surface area contributed by atoms with Crippen LogP contribution in [0, 0.1) is 0 Å². The summed E-state index contributed by atoms with van der Waals surface area (Å²) in [7, 11) is 0. The molecule has 0 bridgehead atoms. The third-order valence-corrected chi connectivity index (χ3v) is 5.59. The number of hydrogen-bond acceptors (Lipinski definition) is 5. The standard InChI is InChI=1S/C27H33N3O3/c1-20(28-14-12-22-8-10-26(32)24(17-22)19-31)15-23-6-4-5-21(16-23)9-11-27(33)30-18-25-7-2-3-13-29-25/h2-8,10,13,16-17,20,28,31-32H,9,11-12,14-15,18-19H2,1H3,(H,30,33)/t20-/m1/s1. The molecule has 33 heavy (non-hydrogen) atoms. The van der Waals surface area contributed by atoms with E-state index in [9.17, 15) is 15.0 Å². The van der Waals surface area contributed by atoms with Gasteiger partial charge in [-0.1, -0.05) is 36.4 Å². The van der Waals surface area contributed by atoms with Crippen LogP contribution in [0.15, 0.2) is 66.9 Å². The Morgan fingerprint density at radius 3 is 2.61 bits per heavy atom. The molecule has 1 atom stereocenters. The highest BCUT2D eigenvalue weighted by atomic mass is 16.3. The SMILES string of the molecule is C[C@H](Cc1cccc(CCC(=O)NCc2ccccn2)c1)NCCc1ccc(O)c(CO)c1. The van der Waals surface area contributed by atoms with E-state index < -0.39 is 0 Å². The number of amides is 1. The van der Waals surface area contributed by atoms with Crippen molar-refractivity contribution in [3.63, 3.8) is 0 Å². The number of aryl methyl sites for hydroxylation is 1. The van der Waals surface area contributed by atoms with Gasteiger partial charge in [-0.2, -0.15) is 0 Å². The van der Waals surface area contributed by atoms with E-state index in [1.54, 1.807) is 12.3 Å². The Morgan fingerprint density at radius 1 is 1.00 bits per heavy atom. The van der Waals surface area contributed by atoms with Crippen LogP contribution in [-0.4, -0.2) is 33.7 Å². The first kappa shape index (κ1) is 24.4. The number of aromatic nitrogens is 1. The van der Waals surface area contributed by atoms with Gasteiger partial charge in [0.2, 0.25) is 5.91 Å². The fourth-order valence-electron chi connectivity index (χ4n) is 3.76. The van der Waals surface area contributed by atoms with Crippen LogP contribution in [0.5, 0.6) is 5.75 Å². The van der Waals surface area contributed by atoms with Crippen LogP contribution in [0.1, 0.15) is 41.3 Å². The highest BCUT2D eigenvalue weighted by Gasteiger charge is 2.07. The van der Waals surface area contributed by atoms with Crippen LogP contribution in [0.2, 0.25) is 0 Å². The molecule has 4 N–H and O–H groups in total. The number of aromatic hydroxyl groups is 1. The van der Waals surface area contributed by atoms with Crippen molar-refractivity contribution in [1.82, 2.24) is 15.6 Å². The molecule has 0 aliphatic rings. The van der Waals surface area contributed by atoms with Crippen LogP contribution >= 0.6 is 0 Å². The Kier molecular flexibility index (Phi) is 9.42. The second-order valence-electron chi connectivity index (χ2n) is 8.35. The lowest BCUT2D eigenvalue weighted by Gasteiger charge is -2.15. The van der Waals surface area contributed by atoms with Crippen molar-refractivity contribution in [3.8, 4) is 5.75 Å². The zero-order valence-corrected chi connectivity index (χ0v) is 19.1. The average Bonchev–Trinajstić information content (AvgIpc) is 2.83. The lowest BCUT2D eigenvalue weighted by Crippen LogP contribution is -2.30. The van der Waals surface area contributed by atoms with Crippen LogP contribution in [0.3, 0.4) is 0 Å². The van der Waals surface area contributed by atoms with Gasteiger partial charge < -0.3 is 20.8 Å². The van der Waals surface area contributed by atoms with Crippen molar-refractivity contribution >= 4 is 5.91 Å². The van der Waals surface area contributed by atoms with Crippen LogP contribution in [0.4, 0.5) is 0 Å². The number of benzene rings is 2. The second kappa shape index (κ2) is 12.7. The zero-order chi connectivity index (χ0) is 23.5. The van der Waals surface area contributed by atoms with Gasteiger partial charge in [0.05, 0.1) is 18.8 Å². The summed E-state index contributed by atoms with van der Waals surface area (Å²) >= 11 is 0. The Labute approximate surface area is 195 Å². The number of nitrogens with zero attached hydrogens (tertiary/aromatic N) is 1. The number of pyridine rings is 1. The zero-order valence-electron chi connectivity index (χ0n) is 19.1. The van der Waals surface area contributed by atoms with Gasteiger partial charge in [-0.3, -0.25) is 9.78 Å². The maximum Gasteiger partial charge on any atom is 0.220 e. The van der Waals surface area contributed by atoms with Crippen LogP contribution in [0.25, 0.3) is 0 Å². The molecule has 3 rings (SSSR count). The summed E-state index contributed by atoms with van der Waals surface area (Å²) in [5.74, 6) is 0.160. The van der Waals surface area contributed by atoms with Gasteiger partial charge in [0, 0.05) is 24.2 Å². The first-order valence-electron chi connectivity index (χ1n) is 11.4.